The number of hydrogen-bond donors (Lipinski definition) is 0. The first-order valence-electron chi connectivity index (χ1n) is 4.73. The highest BCUT2D eigenvalue weighted by Crippen LogP contribution is 2.14. The third kappa shape index (κ3) is 2.80. The minimum Gasteiger partial charge on any atom is -0.293 e. The first kappa shape index (κ1) is 12.4. The van der Waals surface area contributed by atoms with Crippen molar-refractivity contribution in [3.8, 4) is 0 Å². The summed E-state index contributed by atoms with van der Waals surface area (Å²) < 4.78 is 1.37. The fraction of sp³-hybridized carbons (Fsp3) is 0.0909. The Labute approximate surface area is 113 Å². The van der Waals surface area contributed by atoms with Crippen LogP contribution in [0.15, 0.2) is 35.4 Å². The second-order valence-electron chi connectivity index (χ2n) is 3.41. The molecule has 0 fully saturated rings. The van der Waals surface area contributed by atoms with Crippen LogP contribution in [0.2, 0.25) is 15.2 Å². The first-order valence-corrected chi connectivity index (χ1v) is 5.86. The average Bonchev–Trinajstić information content (AvgIpc) is 2.30. The largest absolute Gasteiger partial charge is 0.293 e. The average molecular weight is 290 g/mol. The molecule has 0 aliphatic heterocycles. The van der Waals surface area contributed by atoms with Gasteiger partial charge >= 0.3 is 0 Å². The monoisotopic (exact) mass is 288 g/mol. The second-order valence-corrected chi connectivity index (χ2v) is 4.58. The summed E-state index contributed by atoms with van der Waals surface area (Å²) in [5, 5.41) is 0.554. The molecule has 0 atom stereocenters. The zero-order chi connectivity index (χ0) is 12.4. The van der Waals surface area contributed by atoms with Crippen molar-refractivity contribution in [2.45, 2.75) is 6.54 Å². The third-order valence-electron chi connectivity index (χ3n) is 2.18. The Bertz CT molecular complexity index is 610. The van der Waals surface area contributed by atoms with E-state index in [0.717, 1.165) is 5.56 Å². The van der Waals surface area contributed by atoms with E-state index >= 15 is 0 Å². The summed E-state index contributed by atoms with van der Waals surface area (Å²) in [7, 11) is 0. The predicted octanol–water partition coefficient (Wildman–Crippen LogP) is 3.25. The highest BCUT2D eigenvalue weighted by atomic mass is 35.5. The van der Waals surface area contributed by atoms with E-state index in [-0.39, 0.29) is 15.7 Å². The summed E-state index contributed by atoms with van der Waals surface area (Å²) in [6, 6.07) is 7.21. The molecule has 0 saturated heterocycles. The molecular weight excluding hydrogens is 282 g/mol. The van der Waals surface area contributed by atoms with Crippen LogP contribution in [0.4, 0.5) is 0 Å². The van der Waals surface area contributed by atoms with Crippen LogP contribution < -0.4 is 5.56 Å². The lowest BCUT2D eigenvalue weighted by Gasteiger charge is -2.06. The minimum atomic E-state index is -0.369. The van der Waals surface area contributed by atoms with E-state index < -0.39 is 0 Å². The number of halogens is 3. The van der Waals surface area contributed by atoms with Gasteiger partial charge in [0.2, 0.25) is 0 Å². The Morgan fingerprint density at radius 1 is 1.24 bits per heavy atom. The molecule has 0 radical (unpaired) electrons. The van der Waals surface area contributed by atoms with Crippen molar-refractivity contribution in [3.63, 3.8) is 0 Å². The molecule has 1 aromatic heterocycles. The van der Waals surface area contributed by atoms with Gasteiger partial charge in [-0.3, -0.25) is 9.36 Å². The maximum atomic E-state index is 11.8. The Hall–Kier alpha value is -1.03. The van der Waals surface area contributed by atoms with Crippen LogP contribution in [0, 0.1) is 0 Å². The Morgan fingerprint density at radius 3 is 2.71 bits per heavy atom. The summed E-state index contributed by atoms with van der Waals surface area (Å²) in [6.45, 7) is 0.350. The summed E-state index contributed by atoms with van der Waals surface area (Å²) in [5.74, 6) is 0. The van der Waals surface area contributed by atoms with Crippen molar-refractivity contribution in [1.82, 2.24) is 9.55 Å². The van der Waals surface area contributed by atoms with Crippen molar-refractivity contribution in [1.29, 1.82) is 0 Å². The van der Waals surface area contributed by atoms with E-state index in [1.54, 1.807) is 12.1 Å². The standard InChI is InChI=1S/C11H7Cl3N2O/c12-8-3-1-2-7(4-8)5-16-6-15-10(14)9(13)11(16)17/h1-4,6H,5H2. The lowest BCUT2D eigenvalue weighted by molar-refractivity contribution is 0.736. The molecule has 6 heteroatoms. The molecule has 0 unspecified atom stereocenters. The quantitative estimate of drug-likeness (QED) is 0.796. The van der Waals surface area contributed by atoms with Gasteiger partial charge in [-0.05, 0) is 17.7 Å². The van der Waals surface area contributed by atoms with Gasteiger partial charge in [0, 0.05) is 5.02 Å². The molecular formula is C11H7Cl3N2O. The molecule has 0 bridgehead atoms. The van der Waals surface area contributed by atoms with Gasteiger partial charge in [-0.15, -0.1) is 0 Å². The van der Waals surface area contributed by atoms with E-state index in [0.29, 0.717) is 11.6 Å². The Kier molecular flexibility index (Phi) is 3.72. The predicted molar refractivity (Wildman–Crippen MR) is 69.1 cm³/mol. The van der Waals surface area contributed by atoms with Crippen molar-refractivity contribution in [2.75, 3.05) is 0 Å². The van der Waals surface area contributed by atoms with Gasteiger partial charge in [-0.25, -0.2) is 4.98 Å². The van der Waals surface area contributed by atoms with Gasteiger partial charge in [0.05, 0.1) is 12.9 Å². The van der Waals surface area contributed by atoms with Crippen molar-refractivity contribution >= 4 is 34.8 Å². The minimum absolute atomic E-state index is 0.0130. The van der Waals surface area contributed by atoms with Crippen LogP contribution in [0.25, 0.3) is 0 Å². The molecule has 0 amide bonds. The van der Waals surface area contributed by atoms with E-state index in [9.17, 15) is 4.79 Å². The van der Waals surface area contributed by atoms with Crippen LogP contribution in [0.3, 0.4) is 0 Å². The molecule has 3 nitrogen and oxygen atoms in total. The Morgan fingerprint density at radius 2 is 2.00 bits per heavy atom. The maximum Gasteiger partial charge on any atom is 0.273 e. The van der Waals surface area contributed by atoms with Gasteiger partial charge in [-0.1, -0.05) is 46.9 Å². The van der Waals surface area contributed by atoms with E-state index in [2.05, 4.69) is 4.98 Å². The summed E-state index contributed by atoms with van der Waals surface area (Å²) in [4.78, 5) is 15.6. The molecule has 88 valence electrons. The lowest BCUT2D eigenvalue weighted by Crippen LogP contribution is -2.21. The third-order valence-corrected chi connectivity index (χ3v) is 3.14. The van der Waals surface area contributed by atoms with E-state index in [1.807, 2.05) is 12.1 Å². The number of benzene rings is 1. The van der Waals surface area contributed by atoms with Crippen LogP contribution in [0.1, 0.15) is 5.56 Å². The zero-order valence-corrected chi connectivity index (χ0v) is 10.8. The van der Waals surface area contributed by atoms with Crippen molar-refractivity contribution in [3.05, 3.63) is 61.7 Å². The van der Waals surface area contributed by atoms with Crippen LogP contribution in [0.5, 0.6) is 0 Å². The lowest BCUT2D eigenvalue weighted by atomic mass is 10.2. The first-order chi connectivity index (χ1) is 8.08. The van der Waals surface area contributed by atoms with Crippen LogP contribution in [-0.4, -0.2) is 9.55 Å². The van der Waals surface area contributed by atoms with Crippen LogP contribution >= 0.6 is 34.8 Å². The highest BCUT2D eigenvalue weighted by Gasteiger charge is 2.07. The van der Waals surface area contributed by atoms with Gasteiger partial charge in [-0.2, -0.15) is 0 Å². The Balaban J connectivity index is 2.37. The summed E-state index contributed by atoms with van der Waals surface area (Å²) >= 11 is 17.2. The topological polar surface area (TPSA) is 34.9 Å². The normalized spacial score (nSPS) is 10.5. The molecule has 1 aromatic carbocycles. The second kappa shape index (κ2) is 5.08. The van der Waals surface area contributed by atoms with E-state index in [1.165, 1.54) is 10.9 Å². The molecule has 2 aromatic rings. The molecule has 2 rings (SSSR count). The molecule has 0 aliphatic carbocycles. The van der Waals surface area contributed by atoms with Gasteiger partial charge < -0.3 is 0 Å². The highest BCUT2D eigenvalue weighted by molar-refractivity contribution is 6.40. The van der Waals surface area contributed by atoms with Crippen molar-refractivity contribution < 1.29 is 0 Å². The van der Waals surface area contributed by atoms with Gasteiger partial charge in [0.25, 0.3) is 5.56 Å². The number of hydrogen-bond acceptors (Lipinski definition) is 2. The van der Waals surface area contributed by atoms with Gasteiger partial charge in [0.15, 0.2) is 5.15 Å². The zero-order valence-electron chi connectivity index (χ0n) is 8.53. The molecule has 0 N–H and O–H groups in total. The molecule has 0 spiro atoms. The summed E-state index contributed by atoms with van der Waals surface area (Å²) in [5.41, 5.74) is 0.520. The fourth-order valence-corrected chi connectivity index (χ4v) is 1.88. The van der Waals surface area contributed by atoms with E-state index in [4.69, 9.17) is 34.8 Å². The molecule has 17 heavy (non-hydrogen) atoms. The number of aromatic nitrogens is 2. The van der Waals surface area contributed by atoms with Gasteiger partial charge in [0.1, 0.15) is 5.02 Å². The fourth-order valence-electron chi connectivity index (χ4n) is 1.39. The number of nitrogens with zero attached hydrogens (tertiary/aromatic N) is 2. The number of rotatable bonds is 2. The SMILES string of the molecule is O=c1c(Cl)c(Cl)ncn1Cc1cccc(Cl)c1. The van der Waals surface area contributed by atoms with Crippen molar-refractivity contribution in [2.24, 2.45) is 0 Å². The molecule has 0 saturated carbocycles. The molecule has 0 aliphatic rings. The molecule has 1 heterocycles. The maximum absolute atomic E-state index is 11.8. The van der Waals surface area contributed by atoms with Crippen LogP contribution in [-0.2, 0) is 6.54 Å². The summed E-state index contributed by atoms with van der Waals surface area (Å²) in [6.07, 6.45) is 1.36. The smallest absolute Gasteiger partial charge is 0.273 e.